The van der Waals surface area contributed by atoms with Crippen LogP contribution in [-0.4, -0.2) is 47.6 Å². The van der Waals surface area contributed by atoms with Crippen LogP contribution in [0.25, 0.3) is 0 Å². The first-order chi connectivity index (χ1) is 9.89. The Morgan fingerprint density at radius 1 is 1.29 bits per heavy atom. The number of sulfonamides is 1. The molecule has 0 aromatic rings. The van der Waals surface area contributed by atoms with E-state index in [1.165, 1.54) is 19.3 Å². The molecule has 2 aliphatic rings. The van der Waals surface area contributed by atoms with Crippen molar-refractivity contribution in [3.8, 4) is 0 Å². The summed E-state index contributed by atoms with van der Waals surface area (Å²) in [5, 5.41) is 0. The van der Waals surface area contributed by atoms with Gasteiger partial charge in [-0.1, -0.05) is 31.5 Å². The van der Waals surface area contributed by atoms with Crippen molar-refractivity contribution in [1.82, 2.24) is 4.31 Å². The Balaban J connectivity index is 1.95. The summed E-state index contributed by atoms with van der Waals surface area (Å²) in [6.07, 6.45) is 9.20. The van der Waals surface area contributed by atoms with Crippen LogP contribution in [0.15, 0.2) is 0 Å². The third kappa shape index (κ3) is 4.12. The smallest absolute Gasteiger partial charge is 0.214 e. The summed E-state index contributed by atoms with van der Waals surface area (Å²) in [6.45, 7) is 1.10. The van der Waals surface area contributed by atoms with Gasteiger partial charge in [0.05, 0.1) is 15.5 Å². The van der Waals surface area contributed by atoms with E-state index in [-0.39, 0.29) is 4.75 Å². The number of hydrogen-bond donors (Lipinski definition) is 1. The molecule has 7 heteroatoms. The molecular formula is C14H26N2O2S3. The Hall–Kier alpha value is 0.150. The molecule has 0 radical (unpaired) electrons. The van der Waals surface area contributed by atoms with E-state index in [2.05, 4.69) is 0 Å². The maximum atomic E-state index is 12.6. The minimum Gasteiger partial charge on any atom is -0.392 e. The van der Waals surface area contributed by atoms with E-state index in [1.54, 1.807) is 16.1 Å². The van der Waals surface area contributed by atoms with Gasteiger partial charge >= 0.3 is 0 Å². The molecule has 2 N–H and O–H groups in total. The van der Waals surface area contributed by atoms with Crippen LogP contribution in [0.4, 0.5) is 0 Å². The third-order valence-electron chi connectivity index (χ3n) is 4.93. The van der Waals surface area contributed by atoms with Crippen LogP contribution < -0.4 is 5.73 Å². The fraction of sp³-hybridized carbons (Fsp3) is 0.929. The lowest BCUT2D eigenvalue weighted by molar-refractivity contribution is 0.322. The van der Waals surface area contributed by atoms with Crippen molar-refractivity contribution in [1.29, 1.82) is 0 Å². The standard InChI is InChI=1S/C14H26N2O2S3/c1-20-14(13(15)19)7-9-16(10-8-14)21(17,18)11-12-5-3-2-4-6-12/h12H,2-11H2,1H3,(H2,15,19). The number of nitrogens with zero attached hydrogens (tertiary/aromatic N) is 1. The molecule has 0 spiro atoms. The van der Waals surface area contributed by atoms with Crippen molar-refractivity contribution in [2.24, 2.45) is 11.7 Å². The SMILES string of the molecule is CSC1(C(N)=S)CCN(S(=O)(=O)CC2CCCCC2)CC1. The molecule has 2 fully saturated rings. The number of hydrogen-bond acceptors (Lipinski definition) is 4. The molecule has 1 saturated heterocycles. The Morgan fingerprint density at radius 3 is 2.33 bits per heavy atom. The molecule has 1 aliphatic heterocycles. The molecule has 21 heavy (non-hydrogen) atoms. The molecule has 0 aromatic heterocycles. The molecule has 0 unspecified atom stereocenters. The molecule has 1 heterocycles. The van der Waals surface area contributed by atoms with E-state index in [9.17, 15) is 8.42 Å². The average Bonchev–Trinajstić information content (AvgIpc) is 2.47. The van der Waals surface area contributed by atoms with Crippen molar-refractivity contribution in [2.75, 3.05) is 25.1 Å². The first kappa shape index (κ1) is 17.5. The third-order valence-corrected chi connectivity index (χ3v) is 8.91. The lowest BCUT2D eigenvalue weighted by atomic mass is 9.91. The summed E-state index contributed by atoms with van der Waals surface area (Å²) >= 11 is 6.84. The van der Waals surface area contributed by atoms with Crippen molar-refractivity contribution in [2.45, 2.75) is 49.7 Å². The van der Waals surface area contributed by atoms with Crippen molar-refractivity contribution >= 4 is 39.0 Å². The second-order valence-corrected chi connectivity index (χ2v) is 9.89. The lowest BCUT2D eigenvalue weighted by Gasteiger charge is -2.39. The van der Waals surface area contributed by atoms with Gasteiger partial charge in [-0.05, 0) is 37.9 Å². The highest BCUT2D eigenvalue weighted by Crippen LogP contribution is 2.36. The quantitative estimate of drug-likeness (QED) is 0.771. The highest BCUT2D eigenvalue weighted by Gasteiger charge is 2.40. The monoisotopic (exact) mass is 350 g/mol. The summed E-state index contributed by atoms with van der Waals surface area (Å²) in [5.74, 6) is 0.679. The van der Waals surface area contributed by atoms with Gasteiger partial charge in [-0.3, -0.25) is 0 Å². The second kappa shape index (κ2) is 7.15. The van der Waals surface area contributed by atoms with Gasteiger partial charge in [0.25, 0.3) is 0 Å². The van der Waals surface area contributed by atoms with Crippen molar-refractivity contribution in [3.63, 3.8) is 0 Å². The molecular weight excluding hydrogens is 324 g/mol. The predicted molar refractivity (Wildman–Crippen MR) is 94.2 cm³/mol. The average molecular weight is 351 g/mol. The maximum absolute atomic E-state index is 12.6. The van der Waals surface area contributed by atoms with Crippen LogP contribution in [0.3, 0.4) is 0 Å². The topological polar surface area (TPSA) is 63.4 Å². The predicted octanol–water partition coefficient (Wildman–Crippen LogP) is 2.38. The second-order valence-electron chi connectivity index (χ2n) is 6.24. The summed E-state index contributed by atoms with van der Waals surface area (Å²) in [7, 11) is -3.13. The van der Waals surface area contributed by atoms with Crippen molar-refractivity contribution in [3.05, 3.63) is 0 Å². The van der Waals surface area contributed by atoms with Gasteiger partial charge in [-0.25, -0.2) is 12.7 Å². The Bertz CT molecular complexity index is 465. The van der Waals surface area contributed by atoms with Gasteiger partial charge in [0.1, 0.15) is 0 Å². The maximum Gasteiger partial charge on any atom is 0.214 e. The Morgan fingerprint density at radius 2 is 1.86 bits per heavy atom. The molecule has 0 atom stereocenters. The minimum absolute atomic E-state index is 0.216. The van der Waals surface area contributed by atoms with Gasteiger partial charge in [-0.15, -0.1) is 0 Å². The number of thioether (sulfide) groups is 1. The lowest BCUT2D eigenvalue weighted by Crippen LogP contribution is -2.51. The Labute approximate surface area is 138 Å². The zero-order valence-electron chi connectivity index (χ0n) is 12.7. The molecule has 1 saturated carbocycles. The molecule has 1 aliphatic carbocycles. The summed E-state index contributed by atoms with van der Waals surface area (Å²) in [4.78, 5) is 0.513. The summed E-state index contributed by atoms with van der Waals surface area (Å²) < 4.78 is 26.6. The molecule has 0 amide bonds. The fourth-order valence-corrected chi connectivity index (χ4v) is 6.56. The molecule has 0 bridgehead atoms. The number of thiocarbonyl (C=S) groups is 1. The van der Waals surface area contributed by atoms with Gasteiger partial charge in [0.15, 0.2) is 0 Å². The van der Waals surface area contributed by atoms with E-state index >= 15 is 0 Å². The first-order valence-electron chi connectivity index (χ1n) is 7.72. The van der Waals surface area contributed by atoms with Gasteiger partial charge in [-0.2, -0.15) is 11.8 Å². The normalized spacial score (nSPS) is 24.8. The van der Waals surface area contributed by atoms with E-state index in [1.807, 2.05) is 6.26 Å². The number of nitrogens with two attached hydrogens (primary N) is 1. The zero-order valence-corrected chi connectivity index (χ0v) is 15.2. The largest absolute Gasteiger partial charge is 0.392 e. The summed E-state index contributed by atoms with van der Waals surface area (Å²) in [6, 6.07) is 0. The van der Waals surface area contributed by atoms with E-state index in [0.717, 1.165) is 25.7 Å². The number of rotatable bonds is 5. The minimum atomic E-state index is -3.13. The van der Waals surface area contributed by atoms with Crippen LogP contribution in [0.5, 0.6) is 0 Å². The molecule has 122 valence electrons. The van der Waals surface area contributed by atoms with Crippen LogP contribution in [-0.2, 0) is 10.0 Å². The van der Waals surface area contributed by atoms with E-state index in [0.29, 0.717) is 29.7 Å². The van der Waals surface area contributed by atoms with Gasteiger partial charge in [0.2, 0.25) is 10.0 Å². The number of piperidine rings is 1. The van der Waals surface area contributed by atoms with Crippen molar-refractivity contribution < 1.29 is 8.42 Å². The fourth-order valence-electron chi connectivity index (χ4n) is 3.43. The first-order valence-corrected chi connectivity index (χ1v) is 11.0. The van der Waals surface area contributed by atoms with Gasteiger partial charge in [0, 0.05) is 13.1 Å². The molecule has 0 aromatic carbocycles. The van der Waals surface area contributed by atoms with Crippen LogP contribution in [0, 0.1) is 5.92 Å². The van der Waals surface area contributed by atoms with E-state index in [4.69, 9.17) is 18.0 Å². The molecule has 4 nitrogen and oxygen atoms in total. The zero-order chi connectivity index (χ0) is 15.5. The summed E-state index contributed by atoms with van der Waals surface area (Å²) in [5.41, 5.74) is 5.86. The Kier molecular flexibility index (Phi) is 5.96. The highest BCUT2D eigenvalue weighted by atomic mass is 32.2. The van der Waals surface area contributed by atoms with Crippen LogP contribution >= 0.6 is 24.0 Å². The van der Waals surface area contributed by atoms with Crippen LogP contribution in [0.2, 0.25) is 0 Å². The van der Waals surface area contributed by atoms with E-state index < -0.39 is 10.0 Å². The van der Waals surface area contributed by atoms with Crippen LogP contribution in [0.1, 0.15) is 44.9 Å². The molecule has 2 rings (SSSR count). The highest BCUT2D eigenvalue weighted by molar-refractivity contribution is 8.02. The van der Waals surface area contributed by atoms with Gasteiger partial charge < -0.3 is 5.73 Å².